The van der Waals surface area contributed by atoms with Crippen LogP contribution in [0.4, 0.5) is 0 Å². The zero-order valence-corrected chi connectivity index (χ0v) is 13.6. The van der Waals surface area contributed by atoms with Crippen molar-refractivity contribution in [3.05, 3.63) is 40.4 Å². The first kappa shape index (κ1) is 15.1. The summed E-state index contributed by atoms with van der Waals surface area (Å²) in [6, 6.07) is 2.54. The van der Waals surface area contributed by atoms with E-state index < -0.39 is 0 Å². The highest BCUT2D eigenvalue weighted by Gasteiger charge is 2.16. The van der Waals surface area contributed by atoms with Crippen LogP contribution >= 0.6 is 11.6 Å². The molecule has 0 spiro atoms. The van der Waals surface area contributed by atoms with Crippen molar-refractivity contribution in [3.63, 3.8) is 0 Å². The number of aryl methyl sites for hydroxylation is 2. The van der Waals surface area contributed by atoms with Crippen LogP contribution in [0, 0.1) is 12.8 Å². The van der Waals surface area contributed by atoms with Gasteiger partial charge in [-0.1, -0.05) is 25.4 Å². The normalized spacial score (nSPS) is 13.2. The standard InChI is InChI=1S/C15H23ClN4/c1-10(2)14(17-4)12-6-7-20(8-12)9-13-11(3)18-19(5)15(13)16/h6-8,10,14,17H,9H2,1-5H3. The van der Waals surface area contributed by atoms with E-state index in [2.05, 4.69) is 47.3 Å². The molecule has 2 aromatic heterocycles. The maximum atomic E-state index is 6.29. The Morgan fingerprint density at radius 1 is 1.40 bits per heavy atom. The molecule has 110 valence electrons. The molecule has 0 saturated heterocycles. The van der Waals surface area contributed by atoms with Gasteiger partial charge in [-0.25, -0.2) is 0 Å². The molecule has 2 aromatic rings. The number of rotatable bonds is 5. The fourth-order valence-corrected chi connectivity index (χ4v) is 2.90. The second-order valence-electron chi connectivity index (χ2n) is 5.61. The van der Waals surface area contributed by atoms with Crippen molar-refractivity contribution in [2.75, 3.05) is 7.05 Å². The third-order valence-corrected chi connectivity index (χ3v) is 4.19. The van der Waals surface area contributed by atoms with Gasteiger partial charge in [0.2, 0.25) is 0 Å². The van der Waals surface area contributed by atoms with Crippen LogP contribution in [0.1, 0.15) is 36.7 Å². The summed E-state index contributed by atoms with van der Waals surface area (Å²) in [7, 11) is 3.87. The van der Waals surface area contributed by atoms with Gasteiger partial charge >= 0.3 is 0 Å². The molecule has 0 amide bonds. The molecule has 1 atom stereocenters. The Morgan fingerprint density at radius 3 is 2.60 bits per heavy atom. The predicted molar refractivity (Wildman–Crippen MR) is 83.1 cm³/mol. The first-order valence-corrected chi connectivity index (χ1v) is 7.32. The maximum absolute atomic E-state index is 6.29. The Labute approximate surface area is 125 Å². The fraction of sp³-hybridized carbons (Fsp3) is 0.533. The average Bonchev–Trinajstić information content (AvgIpc) is 2.91. The highest BCUT2D eigenvalue weighted by molar-refractivity contribution is 6.30. The monoisotopic (exact) mass is 294 g/mol. The molecular formula is C15H23ClN4. The van der Waals surface area contributed by atoms with Gasteiger partial charge in [-0.15, -0.1) is 0 Å². The molecule has 0 bridgehead atoms. The van der Waals surface area contributed by atoms with Gasteiger partial charge < -0.3 is 9.88 Å². The molecule has 20 heavy (non-hydrogen) atoms. The lowest BCUT2D eigenvalue weighted by atomic mass is 9.99. The molecule has 1 unspecified atom stereocenters. The van der Waals surface area contributed by atoms with Gasteiger partial charge in [-0.05, 0) is 31.5 Å². The van der Waals surface area contributed by atoms with Crippen LogP contribution < -0.4 is 5.32 Å². The van der Waals surface area contributed by atoms with Crippen LogP contribution in [0.5, 0.6) is 0 Å². The molecule has 0 aliphatic heterocycles. The van der Waals surface area contributed by atoms with E-state index in [-0.39, 0.29) is 0 Å². The lowest BCUT2D eigenvalue weighted by molar-refractivity contribution is 0.443. The number of nitrogens with zero attached hydrogens (tertiary/aromatic N) is 3. The predicted octanol–water partition coefficient (Wildman–Crippen LogP) is 3.15. The van der Waals surface area contributed by atoms with E-state index in [4.69, 9.17) is 11.6 Å². The quantitative estimate of drug-likeness (QED) is 0.919. The summed E-state index contributed by atoms with van der Waals surface area (Å²) in [4.78, 5) is 0. The molecule has 0 radical (unpaired) electrons. The van der Waals surface area contributed by atoms with Gasteiger partial charge in [0, 0.05) is 31.0 Å². The van der Waals surface area contributed by atoms with Gasteiger partial charge in [0.25, 0.3) is 0 Å². The van der Waals surface area contributed by atoms with E-state index in [1.165, 1.54) is 5.56 Å². The van der Waals surface area contributed by atoms with Gasteiger partial charge in [0.15, 0.2) is 0 Å². The van der Waals surface area contributed by atoms with Gasteiger partial charge in [0.1, 0.15) is 5.15 Å². The summed E-state index contributed by atoms with van der Waals surface area (Å²) >= 11 is 6.29. The Hall–Kier alpha value is -1.26. The number of nitrogens with one attached hydrogen (secondary N) is 1. The molecule has 0 aliphatic carbocycles. The summed E-state index contributed by atoms with van der Waals surface area (Å²) < 4.78 is 3.89. The van der Waals surface area contributed by atoms with E-state index in [0.29, 0.717) is 17.1 Å². The minimum Gasteiger partial charge on any atom is -0.349 e. The largest absolute Gasteiger partial charge is 0.349 e. The molecule has 2 heterocycles. The van der Waals surface area contributed by atoms with E-state index in [0.717, 1.165) is 17.8 Å². The lowest BCUT2D eigenvalue weighted by Crippen LogP contribution is -2.21. The summed E-state index contributed by atoms with van der Waals surface area (Å²) in [6.07, 6.45) is 4.29. The third kappa shape index (κ3) is 2.91. The highest BCUT2D eigenvalue weighted by Crippen LogP contribution is 2.24. The average molecular weight is 295 g/mol. The molecule has 0 aliphatic rings. The Morgan fingerprint density at radius 2 is 2.10 bits per heavy atom. The lowest BCUT2D eigenvalue weighted by Gasteiger charge is -2.18. The molecule has 2 rings (SSSR count). The van der Waals surface area contributed by atoms with E-state index in [1.807, 2.05) is 21.0 Å². The first-order valence-electron chi connectivity index (χ1n) is 6.95. The Bertz CT molecular complexity index is 583. The zero-order chi connectivity index (χ0) is 14.9. The smallest absolute Gasteiger partial charge is 0.131 e. The van der Waals surface area contributed by atoms with E-state index >= 15 is 0 Å². The molecular weight excluding hydrogens is 272 g/mol. The first-order chi connectivity index (χ1) is 9.43. The maximum Gasteiger partial charge on any atom is 0.131 e. The summed E-state index contributed by atoms with van der Waals surface area (Å²) in [5, 5.41) is 8.43. The molecule has 5 heteroatoms. The minimum atomic E-state index is 0.377. The number of halogens is 1. The van der Waals surface area contributed by atoms with Crippen LogP contribution in [-0.4, -0.2) is 21.4 Å². The molecule has 4 nitrogen and oxygen atoms in total. The summed E-state index contributed by atoms with van der Waals surface area (Å²) in [5.74, 6) is 0.555. The summed E-state index contributed by atoms with van der Waals surface area (Å²) in [6.45, 7) is 7.20. The van der Waals surface area contributed by atoms with Crippen LogP contribution in [0.3, 0.4) is 0 Å². The Kier molecular flexibility index (Phi) is 4.55. The van der Waals surface area contributed by atoms with Crippen molar-refractivity contribution in [1.29, 1.82) is 0 Å². The van der Waals surface area contributed by atoms with Crippen molar-refractivity contribution in [3.8, 4) is 0 Å². The van der Waals surface area contributed by atoms with Crippen molar-refractivity contribution in [1.82, 2.24) is 19.7 Å². The summed E-state index contributed by atoms with van der Waals surface area (Å²) in [5.41, 5.74) is 3.38. The third-order valence-electron chi connectivity index (χ3n) is 3.72. The van der Waals surface area contributed by atoms with Crippen LogP contribution in [0.2, 0.25) is 5.15 Å². The van der Waals surface area contributed by atoms with Crippen LogP contribution in [0.15, 0.2) is 18.5 Å². The van der Waals surface area contributed by atoms with Gasteiger partial charge in [0.05, 0.1) is 12.2 Å². The van der Waals surface area contributed by atoms with Crippen molar-refractivity contribution < 1.29 is 0 Å². The topological polar surface area (TPSA) is 34.8 Å². The number of hydrogen-bond donors (Lipinski definition) is 1. The van der Waals surface area contributed by atoms with Crippen LogP contribution in [0.25, 0.3) is 0 Å². The van der Waals surface area contributed by atoms with Crippen molar-refractivity contribution in [2.24, 2.45) is 13.0 Å². The molecule has 0 saturated carbocycles. The molecule has 0 fully saturated rings. The highest BCUT2D eigenvalue weighted by atomic mass is 35.5. The Balaban J connectivity index is 2.21. The van der Waals surface area contributed by atoms with E-state index in [9.17, 15) is 0 Å². The number of aromatic nitrogens is 3. The minimum absolute atomic E-state index is 0.377. The zero-order valence-electron chi connectivity index (χ0n) is 12.8. The van der Waals surface area contributed by atoms with Crippen LogP contribution in [-0.2, 0) is 13.6 Å². The van der Waals surface area contributed by atoms with Gasteiger partial charge in [-0.2, -0.15) is 5.10 Å². The number of hydrogen-bond acceptors (Lipinski definition) is 2. The van der Waals surface area contributed by atoms with E-state index in [1.54, 1.807) is 4.68 Å². The molecule has 0 aromatic carbocycles. The van der Waals surface area contributed by atoms with Gasteiger partial charge in [-0.3, -0.25) is 4.68 Å². The van der Waals surface area contributed by atoms with Crippen molar-refractivity contribution in [2.45, 2.75) is 33.4 Å². The second-order valence-corrected chi connectivity index (χ2v) is 5.96. The fourth-order valence-electron chi connectivity index (χ4n) is 2.66. The second kappa shape index (κ2) is 6.02. The van der Waals surface area contributed by atoms with Crippen molar-refractivity contribution >= 4 is 11.6 Å². The molecule has 1 N–H and O–H groups in total. The SMILES string of the molecule is CNC(c1ccn(Cc2c(C)nn(C)c2Cl)c1)C(C)C.